The largest absolute Gasteiger partial charge is 0.192 e. The van der Waals surface area contributed by atoms with Crippen LogP contribution in [0.25, 0.3) is 10.8 Å². The lowest BCUT2D eigenvalue weighted by Gasteiger charge is -2.06. The van der Waals surface area contributed by atoms with Crippen LogP contribution in [-0.2, 0) is 0 Å². The van der Waals surface area contributed by atoms with E-state index in [9.17, 15) is 0 Å². The Morgan fingerprint density at radius 1 is 1.00 bits per heavy atom. The maximum Gasteiger partial charge on any atom is 0.0998 e. The molecule has 0 bridgehead atoms. The zero-order chi connectivity index (χ0) is 10.3. The van der Waals surface area contributed by atoms with Crippen molar-refractivity contribution >= 4 is 10.8 Å². The summed E-state index contributed by atoms with van der Waals surface area (Å²) >= 11 is 0. The zero-order valence-corrected chi connectivity index (χ0v) is 8.40. The van der Waals surface area contributed by atoms with E-state index < -0.39 is 0 Å². The molecule has 72 valence electrons. The van der Waals surface area contributed by atoms with E-state index >= 15 is 0 Å². The highest BCUT2D eigenvalue weighted by Crippen LogP contribution is 2.43. The van der Waals surface area contributed by atoms with Gasteiger partial charge in [-0.2, -0.15) is 5.26 Å². The van der Waals surface area contributed by atoms with E-state index in [-0.39, 0.29) is 0 Å². The maximum atomic E-state index is 9.03. The lowest BCUT2D eigenvalue weighted by atomic mass is 9.97. The van der Waals surface area contributed by atoms with Gasteiger partial charge in [-0.05, 0) is 41.2 Å². The number of fused-ring (bicyclic) bond motifs is 1. The van der Waals surface area contributed by atoms with Crippen LogP contribution in [-0.4, -0.2) is 0 Å². The fourth-order valence-electron chi connectivity index (χ4n) is 2.17. The van der Waals surface area contributed by atoms with Crippen LogP contribution in [0.15, 0.2) is 36.4 Å². The number of hydrogen-bond acceptors (Lipinski definition) is 1. The van der Waals surface area contributed by atoms with E-state index in [2.05, 4.69) is 24.3 Å². The Labute approximate surface area is 89.0 Å². The number of nitriles is 1. The highest BCUT2D eigenvalue weighted by Gasteiger charge is 2.25. The number of benzene rings is 2. The maximum absolute atomic E-state index is 9.03. The van der Waals surface area contributed by atoms with Crippen molar-refractivity contribution in [3.63, 3.8) is 0 Å². The van der Waals surface area contributed by atoms with Gasteiger partial charge in [0.2, 0.25) is 0 Å². The van der Waals surface area contributed by atoms with Crippen LogP contribution in [0, 0.1) is 11.3 Å². The van der Waals surface area contributed by atoms with Gasteiger partial charge >= 0.3 is 0 Å². The first-order valence-electron chi connectivity index (χ1n) is 5.32. The average molecular weight is 193 g/mol. The second-order valence-electron chi connectivity index (χ2n) is 4.13. The molecule has 0 radical (unpaired) electrons. The number of hydrogen-bond donors (Lipinski definition) is 0. The van der Waals surface area contributed by atoms with Crippen LogP contribution in [0.4, 0.5) is 0 Å². The summed E-state index contributed by atoms with van der Waals surface area (Å²) in [6, 6.07) is 14.6. The molecule has 1 aliphatic rings. The van der Waals surface area contributed by atoms with Crippen molar-refractivity contribution in [2.75, 3.05) is 0 Å². The van der Waals surface area contributed by atoms with Crippen molar-refractivity contribution in [2.24, 2.45) is 0 Å². The van der Waals surface area contributed by atoms with Crippen LogP contribution in [0.2, 0.25) is 0 Å². The molecule has 0 aromatic heterocycles. The Balaban J connectivity index is 2.36. The molecule has 1 aliphatic carbocycles. The fourth-order valence-corrected chi connectivity index (χ4v) is 2.17. The third-order valence-corrected chi connectivity index (χ3v) is 3.10. The van der Waals surface area contributed by atoms with Gasteiger partial charge in [-0.25, -0.2) is 0 Å². The van der Waals surface area contributed by atoms with Gasteiger partial charge in [0.1, 0.15) is 0 Å². The van der Waals surface area contributed by atoms with Crippen molar-refractivity contribution < 1.29 is 0 Å². The smallest absolute Gasteiger partial charge is 0.0998 e. The Kier molecular flexibility index (Phi) is 1.76. The molecule has 0 spiro atoms. The van der Waals surface area contributed by atoms with E-state index in [4.69, 9.17) is 5.26 Å². The lowest BCUT2D eigenvalue weighted by molar-refractivity contribution is 1.15. The minimum Gasteiger partial charge on any atom is -0.192 e. The first-order chi connectivity index (χ1) is 7.40. The Morgan fingerprint density at radius 2 is 1.73 bits per heavy atom. The molecule has 0 saturated heterocycles. The lowest BCUT2D eigenvalue weighted by Crippen LogP contribution is -1.86. The Hall–Kier alpha value is -1.81. The first kappa shape index (κ1) is 8.49. The predicted molar refractivity (Wildman–Crippen MR) is 60.6 cm³/mol. The van der Waals surface area contributed by atoms with Crippen LogP contribution in [0.3, 0.4) is 0 Å². The van der Waals surface area contributed by atoms with Gasteiger partial charge in [0.15, 0.2) is 0 Å². The topological polar surface area (TPSA) is 23.8 Å². The van der Waals surface area contributed by atoms with Crippen molar-refractivity contribution in [1.82, 2.24) is 0 Å². The third-order valence-electron chi connectivity index (χ3n) is 3.10. The van der Waals surface area contributed by atoms with Crippen molar-refractivity contribution in [1.29, 1.82) is 5.26 Å². The molecule has 0 amide bonds. The Morgan fingerprint density at radius 3 is 2.40 bits per heavy atom. The van der Waals surface area contributed by atoms with Gasteiger partial charge in [-0.3, -0.25) is 0 Å². The summed E-state index contributed by atoms with van der Waals surface area (Å²) in [6.07, 6.45) is 2.60. The van der Waals surface area contributed by atoms with Crippen molar-refractivity contribution in [3.8, 4) is 6.07 Å². The predicted octanol–water partition coefficient (Wildman–Crippen LogP) is 3.59. The van der Waals surface area contributed by atoms with Crippen molar-refractivity contribution in [2.45, 2.75) is 18.8 Å². The molecule has 1 saturated carbocycles. The molecule has 1 heteroatoms. The molecule has 15 heavy (non-hydrogen) atoms. The average Bonchev–Trinajstić information content (AvgIpc) is 3.11. The summed E-state index contributed by atoms with van der Waals surface area (Å²) in [5.41, 5.74) is 2.21. The quantitative estimate of drug-likeness (QED) is 0.679. The van der Waals surface area contributed by atoms with Gasteiger partial charge in [0.25, 0.3) is 0 Å². The number of rotatable bonds is 1. The monoisotopic (exact) mass is 193 g/mol. The molecular weight excluding hydrogens is 182 g/mol. The number of nitrogens with zero attached hydrogens (tertiary/aromatic N) is 1. The summed E-state index contributed by atoms with van der Waals surface area (Å²) < 4.78 is 0. The van der Waals surface area contributed by atoms with E-state index in [0.29, 0.717) is 0 Å². The molecule has 0 atom stereocenters. The minimum absolute atomic E-state index is 0.739. The third kappa shape index (κ3) is 1.30. The normalized spacial score (nSPS) is 15.1. The van der Waals surface area contributed by atoms with Crippen LogP contribution < -0.4 is 0 Å². The van der Waals surface area contributed by atoms with E-state index in [0.717, 1.165) is 16.9 Å². The molecule has 2 aromatic rings. The second-order valence-corrected chi connectivity index (χ2v) is 4.13. The molecule has 1 nitrogen and oxygen atoms in total. The summed E-state index contributed by atoms with van der Waals surface area (Å²) in [4.78, 5) is 0. The van der Waals surface area contributed by atoms with Gasteiger partial charge in [-0.15, -0.1) is 0 Å². The standard InChI is InChI=1S/C14H11N/c15-9-11-7-8-13(10-5-6-10)14-4-2-1-3-12(11)14/h1-4,7-8,10H,5-6H2. The van der Waals surface area contributed by atoms with E-state index in [1.165, 1.54) is 23.8 Å². The molecular formula is C14H11N. The zero-order valence-electron chi connectivity index (χ0n) is 8.40. The van der Waals surface area contributed by atoms with Crippen LogP contribution >= 0.6 is 0 Å². The summed E-state index contributed by atoms with van der Waals surface area (Å²) in [5.74, 6) is 0.739. The van der Waals surface area contributed by atoms with Crippen LogP contribution in [0.5, 0.6) is 0 Å². The van der Waals surface area contributed by atoms with Gasteiger partial charge in [0, 0.05) is 0 Å². The van der Waals surface area contributed by atoms with Crippen molar-refractivity contribution in [3.05, 3.63) is 47.5 Å². The molecule has 0 heterocycles. The second kappa shape index (κ2) is 3.10. The summed E-state index contributed by atoms with van der Waals surface area (Å²) in [6.45, 7) is 0. The molecule has 2 aromatic carbocycles. The summed E-state index contributed by atoms with van der Waals surface area (Å²) in [7, 11) is 0. The highest BCUT2D eigenvalue weighted by atomic mass is 14.3. The molecule has 0 unspecified atom stereocenters. The van der Waals surface area contributed by atoms with Crippen LogP contribution in [0.1, 0.15) is 29.9 Å². The molecule has 3 rings (SSSR count). The SMILES string of the molecule is N#Cc1ccc(C2CC2)c2ccccc12. The highest BCUT2D eigenvalue weighted by molar-refractivity contribution is 5.91. The van der Waals surface area contributed by atoms with Gasteiger partial charge < -0.3 is 0 Å². The first-order valence-corrected chi connectivity index (χ1v) is 5.32. The van der Waals surface area contributed by atoms with E-state index in [1.54, 1.807) is 0 Å². The fraction of sp³-hybridized carbons (Fsp3) is 0.214. The minimum atomic E-state index is 0.739. The molecule has 1 fully saturated rings. The van der Waals surface area contributed by atoms with Gasteiger partial charge in [-0.1, -0.05) is 30.3 Å². The molecule has 0 aliphatic heterocycles. The molecule has 0 N–H and O–H groups in total. The van der Waals surface area contributed by atoms with Gasteiger partial charge in [0.05, 0.1) is 11.6 Å². The van der Waals surface area contributed by atoms with E-state index in [1.807, 2.05) is 18.2 Å². The Bertz CT molecular complexity index is 559. The summed E-state index contributed by atoms with van der Waals surface area (Å²) in [5, 5.41) is 11.4.